The molecule has 3 rings (SSSR count). The molecule has 26 heavy (non-hydrogen) atoms. The van der Waals surface area contributed by atoms with E-state index in [0.717, 1.165) is 4.68 Å². The number of methoxy groups -OCH3 is 1. The Morgan fingerprint density at radius 2 is 1.88 bits per heavy atom. The molecule has 0 saturated carbocycles. The Morgan fingerprint density at radius 3 is 2.58 bits per heavy atom. The molecule has 0 fully saturated rings. The lowest BCUT2D eigenvalue weighted by molar-refractivity contribution is 0.102. The summed E-state index contributed by atoms with van der Waals surface area (Å²) in [5, 5.41) is 6.77. The second kappa shape index (κ2) is 7.49. The number of halogens is 2. The molecule has 0 atom stereocenters. The van der Waals surface area contributed by atoms with Crippen molar-refractivity contribution in [3.63, 3.8) is 0 Å². The standard InChI is InChI=1S/C18H13BrFN3O3/c1-26-15-4-2-3-13(17(15)19)21-18(25)14-9-10-16(24)23(22-14)12-7-5-11(20)6-8-12/h2-10H,1H3,(H,21,25). The molecule has 2 aromatic carbocycles. The van der Waals surface area contributed by atoms with E-state index in [1.165, 1.54) is 43.5 Å². The molecule has 1 heterocycles. The third-order valence-electron chi connectivity index (χ3n) is 3.54. The minimum absolute atomic E-state index is 0.0312. The van der Waals surface area contributed by atoms with Gasteiger partial charge in [0.25, 0.3) is 11.5 Å². The third kappa shape index (κ3) is 3.65. The summed E-state index contributed by atoms with van der Waals surface area (Å²) in [6.07, 6.45) is 0. The maximum absolute atomic E-state index is 13.1. The summed E-state index contributed by atoms with van der Waals surface area (Å²) < 4.78 is 19.9. The van der Waals surface area contributed by atoms with Crippen molar-refractivity contribution in [3.05, 3.63) is 80.9 Å². The first-order valence-electron chi connectivity index (χ1n) is 7.50. The Kier molecular flexibility index (Phi) is 5.13. The predicted octanol–water partition coefficient (Wildman–Crippen LogP) is 3.40. The minimum Gasteiger partial charge on any atom is -0.495 e. The minimum atomic E-state index is -0.505. The van der Waals surface area contributed by atoms with E-state index in [4.69, 9.17) is 4.74 Å². The van der Waals surface area contributed by atoms with Crippen molar-refractivity contribution in [2.45, 2.75) is 0 Å². The molecule has 0 aliphatic heterocycles. The quantitative estimate of drug-likeness (QED) is 0.705. The van der Waals surface area contributed by atoms with Crippen LogP contribution in [0.1, 0.15) is 10.5 Å². The number of amides is 1. The Morgan fingerprint density at radius 1 is 1.15 bits per heavy atom. The molecule has 1 N–H and O–H groups in total. The topological polar surface area (TPSA) is 73.2 Å². The highest BCUT2D eigenvalue weighted by atomic mass is 79.9. The van der Waals surface area contributed by atoms with Crippen LogP contribution in [0.5, 0.6) is 5.75 Å². The monoisotopic (exact) mass is 417 g/mol. The number of nitrogens with one attached hydrogen (secondary N) is 1. The van der Waals surface area contributed by atoms with Crippen LogP contribution in [0.3, 0.4) is 0 Å². The zero-order chi connectivity index (χ0) is 18.7. The zero-order valence-corrected chi connectivity index (χ0v) is 15.2. The fraction of sp³-hybridized carbons (Fsp3) is 0.0556. The van der Waals surface area contributed by atoms with Crippen molar-refractivity contribution in [2.24, 2.45) is 0 Å². The lowest BCUT2D eigenvalue weighted by Gasteiger charge is -2.11. The lowest BCUT2D eigenvalue weighted by Crippen LogP contribution is -2.25. The molecular formula is C18H13BrFN3O3. The van der Waals surface area contributed by atoms with Crippen molar-refractivity contribution >= 4 is 27.5 Å². The van der Waals surface area contributed by atoms with Gasteiger partial charge in [0.2, 0.25) is 0 Å². The molecule has 0 radical (unpaired) electrons. The van der Waals surface area contributed by atoms with Gasteiger partial charge in [-0.1, -0.05) is 6.07 Å². The van der Waals surface area contributed by atoms with Crippen molar-refractivity contribution in [2.75, 3.05) is 12.4 Å². The van der Waals surface area contributed by atoms with Crippen LogP contribution in [0.15, 0.2) is 63.9 Å². The van der Waals surface area contributed by atoms with Gasteiger partial charge in [-0.05, 0) is 58.4 Å². The highest BCUT2D eigenvalue weighted by Crippen LogP contribution is 2.32. The molecule has 1 amide bonds. The Balaban J connectivity index is 1.92. The normalized spacial score (nSPS) is 10.4. The van der Waals surface area contributed by atoms with Gasteiger partial charge in [0.05, 0.1) is 23.0 Å². The first-order valence-corrected chi connectivity index (χ1v) is 8.29. The van der Waals surface area contributed by atoms with E-state index in [9.17, 15) is 14.0 Å². The number of hydrogen-bond donors (Lipinski definition) is 1. The SMILES string of the molecule is COc1cccc(NC(=O)c2ccc(=O)n(-c3ccc(F)cc3)n2)c1Br. The van der Waals surface area contributed by atoms with Crippen molar-refractivity contribution in [1.82, 2.24) is 9.78 Å². The molecule has 0 saturated heterocycles. The molecule has 0 bridgehead atoms. The molecule has 0 unspecified atom stereocenters. The smallest absolute Gasteiger partial charge is 0.276 e. The molecule has 3 aromatic rings. The fourth-order valence-electron chi connectivity index (χ4n) is 2.25. The number of aromatic nitrogens is 2. The van der Waals surface area contributed by atoms with Crippen LogP contribution in [-0.2, 0) is 0 Å². The average Bonchev–Trinajstić information content (AvgIpc) is 2.64. The zero-order valence-electron chi connectivity index (χ0n) is 13.6. The molecule has 0 aliphatic carbocycles. The number of nitrogens with zero attached hydrogens (tertiary/aromatic N) is 2. The first-order chi connectivity index (χ1) is 12.5. The number of ether oxygens (including phenoxy) is 1. The van der Waals surface area contributed by atoms with Crippen molar-refractivity contribution in [3.8, 4) is 11.4 Å². The number of carbonyl (C=O) groups excluding carboxylic acids is 1. The second-order valence-corrected chi connectivity index (χ2v) is 6.01. The van der Waals surface area contributed by atoms with E-state index in [-0.39, 0.29) is 5.69 Å². The highest BCUT2D eigenvalue weighted by molar-refractivity contribution is 9.10. The summed E-state index contributed by atoms with van der Waals surface area (Å²) in [6, 6.07) is 13.0. The number of rotatable bonds is 4. The van der Waals surface area contributed by atoms with Crippen LogP contribution in [0, 0.1) is 5.82 Å². The largest absolute Gasteiger partial charge is 0.495 e. The van der Waals surface area contributed by atoms with Gasteiger partial charge in [0, 0.05) is 6.07 Å². The highest BCUT2D eigenvalue weighted by Gasteiger charge is 2.14. The number of benzene rings is 2. The van der Waals surface area contributed by atoms with Crippen molar-refractivity contribution < 1.29 is 13.9 Å². The fourth-order valence-corrected chi connectivity index (χ4v) is 2.78. The van der Waals surface area contributed by atoms with Gasteiger partial charge in [0.1, 0.15) is 17.3 Å². The van der Waals surface area contributed by atoms with Crippen molar-refractivity contribution in [1.29, 1.82) is 0 Å². The van der Waals surface area contributed by atoms with Crippen LogP contribution < -0.4 is 15.6 Å². The van der Waals surface area contributed by atoms with E-state index in [0.29, 0.717) is 21.6 Å². The summed E-state index contributed by atoms with van der Waals surface area (Å²) in [5.41, 5.74) is 0.448. The van der Waals surface area contributed by atoms with Gasteiger partial charge in [-0.25, -0.2) is 4.39 Å². The number of hydrogen-bond acceptors (Lipinski definition) is 4. The molecule has 132 valence electrons. The maximum atomic E-state index is 13.1. The average molecular weight is 418 g/mol. The van der Waals surface area contributed by atoms with Crippen LogP contribution in [0.2, 0.25) is 0 Å². The second-order valence-electron chi connectivity index (χ2n) is 5.22. The molecular weight excluding hydrogens is 405 g/mol. The predicted molar refractivity (Wildman–Crippen MR) is 98.4 cm³/mol. The van der Waals surface area contributed by atoms with E-state index in [1.807, 2.05) is 0 Å². The Hall–Kier alpha value is -3.00. The summed E-state index contributed by atoms with van der Waals surface area (Å²) in [4.78, 5) is 24.5. The summed E-state index contributed by atoms with van der Waals surface area (Å²) in [6.45, 7) is 0. The molecule has 8 heteroatoms. The van der Waals surface area contributed by atoms with E-state index < -0.39 is 17.3 Å². The van der Waals surface area contributed by atoms with Gasteiger partial charge in [-0.2, -0.15) is 9.78 Å². The molecule has 1 aromatic heterocycles. The summed E-state index contributed by atoms with van der Waals surface area (Å²) >= 11 is 3.36. The van der Waals surface area contributed by atoms with Gasteiger partial charge >= 0.3 is 0 Å². The van der Waals surface area contributed by atoms with Crippen LogP contribution >= 0.6 is 15.9 Å². The molecule has 6 nitrogen and oxygen atoms in total. The third-order valence-corrected chi connectivity index (χ3v) is 4.35. The number of anilines is 1. The van der Waals surface area contributed by atoms with E-state index in [2.05, 4.69) is 26.3 Å². The van der Waals surface area contributed by atoms with Gasteiger partial charge < -0.3 is 10.1 Å². The lowest BCUT2D eigenvalue weighted by atomic mass is 10.2. The molecule has 0 spiro atoms. The van der Waals surface area contributed by atoms with Gasteiger partial charge in [-0.3, -0.25) is 9.59 Å². The van der Waals surface area contributed by atoms with Crippen LogP contribution in [-0.4, -0.2) is 22.8 Å². The van der Waals surface area contributed by atoms with E-state index >= 15 is 0 Å². The summed E-state index contributed by atoms with van der Waals surface area (Å²) in [7, 11) is 1.52. The Bertz CT molecular complexity index is 1020. The first kappa shape index (κ1) is 17.8. The summed E-state index contributed by atoms with van der Waals surface area (Å²) in [5.74, 6) is -0.375. The molecule has 0 aliphatic rings. The maximum Gasteiger partial charge on any atom is 0.276 e. The number of carbonyl (C=O) groups is 1. The van der Waals surface area contributed by atoms with Crippen LogP contribution in [0.4, 0.5) is 10.1 Å². The van der Waals surface area contributed by atoms with Gasteiger partial charge in [-0.15, -0.1) is 0 Å². The van der Waals surface area contributed by atoms with Gasteiger partial charge in [0.15, 0.2) is 0 Å². The van der Waals surface area contributed by atoms with Crippen LogP contribution in [0.25, 0.3) is 5.69 Å². The Labute approximate surface area is 156 Å². The van der Waals surface area contributed by atoms with E-state index in [1.54, 1.807) is 18.2 Å².